The van der Waals surface area contributed by atoms with Gasteiger partial charge < -0.3 is 19.5 Å². The third-order valence-electron chi connectivity index (χ3n) is 7.02. The number of nitrogens with zero attached hydrogens (tertiary/aromatic N) is 4. The zero-order chi connectivity index (χ0) is 31.6. The van der Waals surface area contributed by atoms with Crippen LogP contribution < -0.4 is 15.0 Å². The topological polar surface area (TPSA) is 97.1 Å². The van der Waals surface area contributed by atoms with Crippen molar-refractivity contribution in [1.82, 2.24) is 19.4 Å². The Morgan fingerprint density at radius 2 is 1.77 bits per heavy atom. The van der Waals surface area contributed by atoms with Gasteiger partial charge in [0.05, 0.1) is 29.2 Å². The predicted octanol–water partition coefficient (Wildman–Crippen LogP) is 5.00. The molecule has 10 heteroatoms. The Hall–Kier alpha value is -4.02. The first-order valence-electron chi connectivity index (χ1n) is 14.6. The van der Waals surface area contributed by atoms with Gasteiger partial charge >= 0.3 is 0 Å². The molecule has 5 rings (SSSR count). The zero-order valence-corrected chi connectivity index (χ0v) is 26.2. The first-order valence-corrected chi connectivity index (χ1v) is 14.9. The molecular formula is C34H39ClN4O5. The van der Waals surface area contributed by atoms with E-state index in [4.69, 9.17) is 26.1 Å². The van der Waals surface area contributed by atoms with Gasteiger partial charge in [-0.2, -0.15) is 0 Å². The number of carbonyl (C=O) groups is 1. The molecule has 1 N–H and O–H groups in total. The number of piperazine rings is 1. The molecule has 3 aromatic carbocycles. The molecule has 44 heavy (non-hydrogen) atoms. The van der Waals surface area contributed by atoms with Gasteiger partial charge in [-0.3, -0.25) is 19.1 Å². The van der Waals surface area contributed by atoms with Gasteiger partial charge in [0.15, 0.2) is 5.78 Å². The summed E-state index contributed by atoms with van der Waals surface area (Å²) in [5.74, 6) is 1.47. The summed E-state index contributed by atoms with van der Waals surface area (Å²) < 4.78 is 12.8. The lowest BCUT2D eigenvalue weighted by molar-refractivity contribution is 0.0903. The highest BCUT2D eigenvalue weighted by Gasteiger charge is 2.22. The van der Waals surface area contributed by atoms with E-state index in [-0.39, 0.29) is 11.7 Å². The Balaban J connectivity index is 0.000000339. The molecule has 1 aliphatic rings. The number of ether oxygens (including phenoxy) is 2. The number of benzene rings is 3. The molecule has 0 saturated carbocycles. The largest absolute Gasteiger partial charge is 0.490 e. The maximum atomic E-state index is 13.7. The number of carbonyl (C=O) groups excluding carboxylic acids is 1. The second-order valence-electron chi connectivity index (χ2n) is 10.7. The van der Waals surface area contributed by atoms with Gasteiger partial charge in [-0.1, -0.05) is 36.4 Å². The molecule has 4 aromatic rings. The first-order chi connectivity index (χ1) is 21.2. The number of aliphatic hydroxyl groups excluding tert-OH is 1. The van der Waals surface area contributed by atoms with E-state index < -0.39 is 12.4 Å². The molecule has 0 amide bonds. The monoisotopic (exact) mass is 618 g/mol. The fourth-order valence-electron chi connectivity index (χ4n) is 4.74. The molecule has 1 saturated heterocycles. The van der Waals surface area contributed by atoms with Crippen molar-refractivity contribution in [3.05, 3.63) is 106 Å². The lowest BCUT2D eigenvalue weighted by Gasteiger charge is -2.32. The molecule has 0 atom stereocenters. The van der Waals surface area contributed by atoms with Gasteiger partial charge in [-0.15, -0.1) is 0 Å². The number of hydrogen-bond acceptors (Lipinski definition) is 8. The summed E-state index contributed by atoms with van der Waals surface area (Å²) in [4.78, 5) is 35.4. The fraction of sp³-hybridized carbons (Fsp3) is 0.324. The molecule has 1 aliphatic heterocycles. The van der Waals surface area contributed by atoms with Crippen LogP contribution >= 0.6 is 11.6 Å². The van der Waals surface area contributed by atoms with Crippen molar-refractivity contribution < 1.29 is 19.4 Å². The number of halogens is 1. The van der Waals surface area contributed by atoms with Crippen molar-refractivity contribution in [3.8, 4) is 17.2 Å². The molecule has 0 radical (unpaired) electrons. The van der Waals surface area contributed by atoms with Crippen LogP contribution in [0.15, 0.2) is 84.2 Å². The highest BCUT2D eigenvalue weighted by atomic mass is 35.5. The van der Waals surface area contributed by atoms with Crippen LogP contribution in [0.2, 0.25) is 5.02 Å². The zero-order valence-electron chi connectivity index (χ0n) is 25.4. The molecule has 1 fully saturated rings. The minimum Gasteiger partial charge on any atom is -0.490 e. The minimum absolute atomic E-state index is 0.131. The third kappa shape index (κ3) is 8.54. The van der Waals surface area contributed by atoms with E-state index in [1.165, 1.54) is 0 Å². The number of Topliss-reactive ketones (excluding diaryl/α,β-unsaturated/α-hetero) is 1. The lowest BCUT2D eigenvalue weighted by atomic mass is 10.1. The Kier molecular flexibility index (Phi) is 11.7. The van der Waals surface area contributed by atoms with Crippen LogP contribution in [-0.2, 0) is 6.54 Å². The molecule has 0 spiro atoms. The lowest BCUT2D eigenvalue weighted by Crippen LogP contribution is -2.44. The molecule has 2 heterocycles. The van der Waals surface area contributed by atoms with Crippen molar-refractivity contribution in [2.75, 3.05) is 46.4 Å². The van der Waals surface area contributed by atoms with Gasteiger partial charge in [0.25, 0.3) is 5.56 Å². The number of ketones is 1. The van der Waals surface area contributed by atoms with Crippen molar-refractivity contribution >= 4 is 28.3 Å². The minimum atomic E-state index is -0.608. The van der Waals surface area contributed by atoms with Crippen LogP contribution in [0.3, 0.4) is 0 Å². The van der Waals surface area contributed by atoms with E-state index in [0.29, 0.717) is 46.9 Å². The van der Waals surface area contributed by atoms with Crippen LogP contribution in [0.1, 0.15) is 30.0 Å². The summed E-state index contributed by atoms with van der Waals surface area (Å²) in [7, 11) is 2.10. The van der Waals surface area contributed by atoms with Crippen molar-refractivity contribution in [2.45, 2.75) is 26.5 Å². The number of aromatic nitrogens is 2. The Bertz CT molecular complexity index is 1630. The smallest absolute Gasteiger partial charge is 0.266 e. The summed E-state index contributed by atoms with van der Waals surface area (Å²) in [6.07, 6.45) is 1.57. The van der Waals surface area contributed by atoms with E-state index in [1.54, 1.807) is 47.0 Å². The molecule has 9 nitrogen and oxygen atoms in total. The average Bonchev–Trinajstić information content (AvgIpc) is 3.02. The quantitative estimate of drug-likeness (QED) is 0.196. The predicted molar refractivity (Wildman–Crippen MR) is 174 cm³/mol. The van der Waals surface area contributed by atoms with Crippen LogP contribution in [0.4, 0.5) is 0 Å². The van der Waals surface area contributed by atoms with Crippen LogP contribution in [-0.4, -0.2) is 82.8 Å². The van der Waals surface area contributed by atoms with E-state index in [1.807, 2.05) is 44.2 Å². The third-order valence-corrected chi connectivity index (χ3v) is 7.27. The highest BCUT2D eigenvalue weighted by molar-refractivity contribution is 6.30. The van der Waals surface area contributed by atoms with Gasteiger partial charge in [0.2, 0.25) is 0 Å². The molecule has 0 aliphatic carbocycles. The van der Waals surface area contributed by atoms with Crippen LogP contribution in [0.25, 0.3) is 16.6 Å². The molecule has 0 bridgehead atoms. The summed E-state index contributed by atoms with van der Waals surface area (Å²) in [6, 6.07) is 19.4. The number of aliphatic hydroxyl groups is 1. The normalized spacial score (nSPS) is 13.8. The van der Waals surface area contributed by atoms with Crippen molar-refractivity contribution in [1.29, 1.82) is 0 Å². The second kappa shape index (κ2) is 15.6. The average molecular weight is 619 g/mol. The number of rotatable bonds is 10. The van der Waals surface area contributed by atoms with Crippen LogP contribution in [0.5, 0.6) is 11.5 Å². The van der Waals surface area contributed by atoms with Crippen LogP contribution in [0, 0.1) is 0 Å². The molecule has 1 aromatic heterocycles. The van der Waals surface area contributed by atoms with Crippen molar-refractivity contribution in [3.63, 3.8) is 0 Å². The standard InChI is InChI=1S/C25H30N4O4.C9H9ClO/c1-17(2)33-23-9-8-18(22(31)16-30)14-21(23)29-24(15-28-12-10-27(3)11-13-28)26-20-7-5-4-6-19(20)25(29)32;1-2-7-11-9-5-3-8(10)4-6-9/h4-9,14,17,30H,10-13,15-16H2,1-3H3;2-6H,1,7H2. The number of para-hydroxylation sites is 1. The van der Waals surface area contributed by atoms with E-state index in [2.05, 4.69) is 23.4 Å². The maximum absolute atomic E-state index is 13.7. The summed E-state index contributed by atoms with van der Waals surface area (Å²) >= 11 is 5.67. The Morgan fingerprint density at radius 3 is 2.43 bits per heavy atom. The second-order valence-corrected chi connectivity index (χ2v) is 11.2. The first kappa shape index (κ1) is 32.9. The molecule has 0 unspecified atom stereocenters. The molecular weight excluding hydrogens is 580 g/mol. The van der Waals surface area contributed by atoms with Crippen molar-refractivity contribution in [2.24, 2.45) is 0 Å². The Morgan fingerprint density at radius 1 is 1.07 bits per heavy atom. The van der Waals surface area contributed by atoms with E-state index in [9.17, 15) is 14.7 Å². The number of likely N-dealkylation sites (N-methyl/N-ethyl adjacent to an activating group) is 1. The fourth-order valence-corrected chi connectivity index (χ4v) is 4.86. The summed E-state index contributed by atoms with van der Waals surface area (Å²) in [5.41, 5.74) is 1.19. The Labute approximate surface area is 262 Å². The van der Waals surface area contributed by atoms with Gasteiger partial charge in [0.1, 0.15) is 30.5 Å². The summed E-state index contributed by atoms with van der Waals surface area (Å²) in [5, 5.41) is 10.6. The SMILES string of the molecule is C=CCOc1ccc(Cl)cc1.CC(C)Oc1ccc(C(=O)CO)cc1-n1c(CN2CCN(C)CC2)nc2ccccc2c1=O. The summed E-state index contributed by atoms with van der Waals surface area (Å²) in [6.45, 7) is 11.4. The van der Waals surface area contributed by atoms with Gasteiger partial charge in [-0.05, 0) is 75.5 Å². The maximum Gasteiger partial charge on any atom is 0.266 e. The van der Waals surface area contributed by atoms with Gasteiger partial charge in [0, 0.05) is 36.8 Å². The van der Waals surface area contributed by atoms with E-state index >= 15 is 0 Å². The van der Waals surface area contributed by atoms with E-state index in [0.717, 1.165) is 37.0 Å². The number of fused-ring (bicyclic) bond motifs is 1. The molecule has 232 valence electrons. The highest BCUT2D eigenvalue weighted by Crippen LogP contribution is 2.27. The van der Waals surface area contributed by atoms with Gasteiger partial charge in [-0.25, -0.2) is 4.98 Å². The number of hydrogen-bond donors (Lipinski definition) is 1.